The number of aromatic nitrogens is 3. The molecule has 0 spiro atoms. The Hall–Kier alpha value is -2.30. The van der Waals surface area contributed by atoms with Gasteiger partial charge < -0.3 is 4.42 Å². The fourth-order valence-electron chi connectivity index (χ4n) is 1.53. The molecule has 5 heteroatoms. The number of oxazole rings is 1. The molecular formula is C10H7N3O2. The Labute approximate surface area is 83.7 Å². The molecule has 0 saturated carbocycles. The van der Waals surface area contributed by atoms with Crippen molar-refractivity contribution in [3.63, 3.8) is 0 Å². The van der Waals surface area contributed by atoms with Crippen LogP contribution in [0.5, 0.6) is 0 Å². The lowest BCUT2D eigenvalue weighted by Crippen LogP contribution is -1.92. The second-order valence-electron chi connectivity index (χ2n) is 3.20. The number of hydrogen-bond donors (Lipinski definition) is 2. The molecule has 2 aromatic heterocycles. The van der Waals surface area contributed by atoms with Gasteiger partial charge in [-0.25, -0.2) is 4.79 Å². The van der Waals surface area contributed by atoms with E-state index in [1.165, 1.54) is 0 Å². The van der Waals surface area contributed by atoms with Crippen LogP contribution in [0.4, 0.5) is 0 Å². The zero-order chi connectivity index (χ0) is 10.3. The van der Waals surface area contributed by atoms with Gasteiger partial charge in [-0.3, -0.25) is 10.1 Å². The van der Waals surface area contributed by atoms with Crippen molar-refractivity contribution in [3.8, 4) is 11.3 Å². The van der Waals surface area contributed by atoms with Crippen molar-refractivity contribution in [1.82, 2.24) is 15.2 Å². The molecule has 0 aliphatic carbocycles. The van der Waals surface area contributed by atoms with Crippen molar-refractivity contribution in [2.75, 3.05) is 0 Å². The average Bonchev–Trinajstić information content (AvgIpc) is 2.82. The van der Waals surface area contributed by atoms with Crippen LogP contribution in [0, 0.1) is 0 Å². The summed E-state index contributed by atoms with van der Waals surface area (Å²) in [7, 11) is 0. The lowest BCUT2D eigenvalue weighted by molar-refractivity contribution is 0.555. The normalized spacial score (nSPS) is 10.9. The van der Waals surface area contributed by atoms with E-state index in [0.29, 0.717) is 11.1 Å². The summed E-state index contributed by atoms with van der Waals surface area (Å²) >= 11 is 0. The first-order valence-electron chi connectivity index (χ1n) is 4.45. The topological polar surface area (TPSA) is 74.7 Å². The van der Waals surface area contributed by atoms with Gasteiger partial charge in [0.1, 0.15) is 0 Å². The summed E-state index contributed by atoms with van der Waals surface area (Å²) in [4.78, 5) is 13.5. The predicted octanol–water partition coefficient (Wildman–Crippen LogP) is 1.51. The van der Waals surface area contributed by atoms with E-state index in [9.17, 15) is 4.79 Å². The van der Waals surface area contributed by atoms with E-state index in [2.05, 4.69) is 15.2 Å². The maximum Gasteiger partial charge on any atom is 0.417 e. The molecule has 3 rings (SSSR count). The first kappa shape index (κ1) is 8.05. The standard InChI is InChI=1S/C10H7N3O2/c14-10-12-8-2-1-6(5-9(8)15-10)7-3-4-11-13-7/h1-5H,(H,11,13)(H,12,14). The Morgan fingerprint density at radius 2 is 2.20 bits per heavy atom. The Balaban J connectivity index is 2.26. The molecule has 0 radical (unpaired) electrons. The summed E-state index contributed by atoms with van der Waals surface area (Å²) in [5.74, 6) is -0.438. The Morgan fingerprint density at radius 3 is 3.00 bits per heavy atom. The molecule has 0 bridgehead atoms. The number of hydrogen-bond acceptors (Lipinski definition) is 3. The predicted molar refractivity (Wildman–Crippen MR) is 54.4 cm³/mol. The van der Waals surface area contributed by atoms with Gasteiger partial charge in [-0.05, 0) is 18.2 Å². The van der Waals surface area contributed by atoms with E-state index in [0.717, 1.165) is 11.3 Å². The minimum Gasteiger partial charge on any atom is -0.408 e. The molecule has 0 amide bonds. The summed E-state index contributed by atoms with van der Waals surface area (Å²) in [6.07, 6.45) is 1.67. The average molecular weight is 201 g/mol. The Kier molecular flexibility index (Phi) is 1.53. The third kappa shape index (κ3) is 1.25. The summed E-state index contributed by atoms with van der Waals surface area (Å²) in [6.45, 7) is 0. The minimum atomic E-state index is -0.438. The van der Waals surface area contributed by atoms with Gasteiger partial charge in [0.25, 0.3) is 0 Å². The van der Waals surface area contributed by atoms with Crippen LogP contribution in [0.25, 0.3) is 22.4 Å². The van der Waals surface area contributed by atoms with Gasteiger partial charge in [-0.15, -0.1) is 0 Å². The van der Waals surface area contributed by atoms with E-state index < -0.39 is 5.76 Å². The van der Waals surface area contributed by atoms with Crippen LogP contribution in [-0.2, 0) is 0 Å². The van der Waals surface area contributed by atoms with Crippen molar-refractivity contribution in [3.05, 3.63) is 41.0 Å². The van der Waals surface area contributed by atoms with Crippen LogP contribution in [0.15, 0.2) is 39.7 Å². The highest BCUT2D eigenvalue weighted by molar-refractivity contribution is 5.78. The minimum absolute atomic E-state index is 0.438. The second-order valence-corrected chi connectivity index (χ2v) is 3.20. The van der Waals surface area contributed by atoms with Crippen LogP contribution in [-0.4, -0.2) is 15.2 Å². The van der Waals surface area contributed by atoms with E-state index in [4.69, 9.17) is 4.42 Å². The van der Waals surface area contributed by atoms with Gasteiger partial charge in [0, 0.05) is 11.8 Å². The molecule has 2 heterocycles. The van der Waals surface area contributed by atoms with Crippen molar-refractivity contribution in [1.29, 1.82) is 0 Å². The highest BCUT2D eigenvalue weighted by atomic mass is 16.4. The summed E-state index contributed by atoms with van der Waals surface area (Å²) in [5, 5.41) is 6.70. The summed E-state index contributed by atoms with van der Waals surface area (Å²) in [5.41, 5.74) is 3.07. The molecule has 0 saturated heterocycles. The highest BCUT2D eigenvalue weighted by Gasteiger charge is 2.04. The molecule has 0 fully saturated rings. The molecule has 0 unspecified atom stereocenters. The van der Waals surface area contributed by atoms with Crippen LogP contribution in [0.3, 0.4) is 0 Å². The van der Waals surface area contributed by atoms with Crippen molar-refractivity contribution in [2.45, 2.75) is 0 Å². The highest BCUT2D eigenvalue weighted by Crippen LogP contribution is 2.20. The third-order valence-corrected chi connectivity index (χ3v) is 2.23. The molecule has 0 atom stereocenters. The second kappa shape index (κ2) is 2.84. The maximum absolute atomic E-state index is 10.9. The van der Waals surface area contributed by atoms with Crippen LogP contribution in [0.2, 0.25) is 0 Å². The number of nitrogens with zero attached hydrogens (tertiary/aromatic N) is 1. The zero-order valence-corrected chi connectivity index (χ0v) is 7.65. The molecule has 2 N–H and O–H groups in total. The summed E-state index contributed by atoms with van der Waals surface area (Å²) in [6, 6.07) is 7.34. The van der Waals surface area contributed by atoms with Crippen LogP contribution >= 0.6 is 0 Å². The first-order valence-corrected chi connectivity index (χ1v) is 4.45. The monoisotopic (exact) mass is 201 g/mol. The zero-order valence-electron chi connectivity index (χ0n) is 7.65. The largest absolute Gasteiger partial charge is 0.417 e. The number of aromatic amines is 2. The molecule has 0 aliphatic rings. The van der Waals surface area contributed by atoms with E-state index in [-0.39, 0.29) is 0 Å². The molecule has 0 aliphatic heterocycles. The fourth-order valence-corrected chi connectivity index (χ4v) is 1.53. The molecule has 15 heavy (non-hydrogen) atoms. The van der Waals surface area contributed by atoms with Gasteiger partial charge in [-0.2, -0.15) is 5.10 Å². The van der Waals surface area contributed by atoms with Gasteiger partial charge in [0.2, 0.25) is 0 Å². The van der Waals surface area contributed by atoms with Crippen molar-refractivity contribution >= 4 is 11.1 Å². The smallest absolute Gasteiger partial charge is 0.408 e. The molecule has 3 aromatic rings. The number of H-pyrrole nitrogens is 2. The first-order chi connectivity index (χ1) is 7.33. The van der Waals surface area contributed by atoms with Crippen LogP contribution in [0.1, 0.15) is 0 Å². The Bertz CT molecular complexity index is 649. The van der Waals surface area contributed by atoms with Crippen molar-refractivity contribution < 1.29 is 4.42 Å². The van der Waals surface area contributed by atoms with Crippen molar-refractivity contribution in [2.24, 2.45) is 0 Å². The molecule has 5 nitrogen and oxygen atoms in total. The third-order valence-electron chi connectivity index (χ3n) is 2.23. The maximum atomic E-state index is 10.9. The lowest BCUT2D eigenvalue weighted by Gasteiger charge is -1.95. The van der Waals surface area contributed by atoms with E-state index in [1.54, 1.807) is 18.3 Å². The van der Waals surface area contributed by atoms with Gasteiger partial charge >= 0.3 is 5.76 Å². The van der Waals surface area contributed by atoms with E-state index in [1.807, 2.05) is 12.1 Å². The van der Waals surface area contributed by atoms with Crippen LogP contribution < -0.4 is 5.76 Å². The summed E-state index contributed by atoms with van der Waals surface area (Å²) < 4.78 is 4.96. The van der Waals surface area contributed by atoms with E-state index >= 15 is 0 Å². The number of nitrogens with one attached hydrogen (secondary N) is 2. The molecule has 1 aromatic carbocycles. The number of fused-ring (bicyclic) bond motifs is 1. The van der Waals surface area contributed by atoms with Gasteiger partial charge in [0.05, 0.1) is 11.2 Å². The fraction of sp³-hybridized carbons (Fsp3) is 0. The molecular weight excluding hydrogens is 194 g/mol. The lowest BCUT2D eigenvalue weighted by atomic mass is 10.1. The number of rotatable bonds is 1. The number of benzene rings is 1. The molecule has 74 valence electrons. The SMILES string of the molecule is O=c1[nH]c2ccc(-c3ccn[nH]3)cc2o1. The quantitative estimate of drug-likeness (QED) is 0.626. The Morgan fingerprint density at radius 1 is 1.27 bits per heavy atom. The van der Waals surface area contributed by atoms with Gasteiger partial charge in [-0.1, -0.05) is 6.07 Å². The van der Waals surface area contributed by atoms with Gasteiger partial charge in [0.15, 0.2) is 5.58 Å².